The average Bonchev–Trinajstić information content (AvgIpc) is 3.08. The van der Waals surface area contributed by atoms with E-state index >= 15 is 0 Å². The molecule has 0 fully saturated rings. The van der Waals surface area contributed by atoms with Crippen LogP contribution in [0.25, 0.3) is 0 Å². The number of carbonyl (C=O) groups excluding carboxylic acids is 2. The number of anilines is 1. The largest absolute Gasteiger partial charge is 0.388 e. The van der Waals surface area contributed by atoms with Crippen LogP contribution in [-0.2, 0) is 10.8 Å². The molecule has 0 bridgehead atoms. The van der Waals surface area contributed by atoms with Crippen LogP contribution < -0.4 is 16.0 Å². The molecule has 0 aliphatic carbocycles. The number of hydrogen-bond donors (Lipinski definition) is 3. The van der Waals surface area contributed by atoms with Gasteiger partial charge in [-0.05, 0) is 61.6 Å². The lowest BCUT2D eigenvalue weighted by Gasteiger charge is -2.26. The highest BCUT2D eigenvalue weighted by atomic mass is 33.1. The second-order valence-electron chi connectivity index (χ2n) is 10.9. The first-order valence-electron chi connectivity index (χ1n) is 13.3. The van der Waals surface area contributed by atoms with Crippen molar-refractivity contribution in [2.24, 2.45) is 0 Å². The van der Waals surface area contributed by atoms with E-state index < -0.39 is 0 Å². The predicted molar refractivity (Wildman–Crippen MR) is 165 cm³/mol. The van der Waals surface area contributed by atoms with Crippen LogP contribution in [0, 0.1) is 0 Å². The second-order valence-corrected chi connectivity index (χ2v) is 13.6. The van der Waals surface area contributed by atoms with Crippen molar-refractivity contribution in [3.8, 4) is 0 Å². The van der Waals surface area contributed by atoms with Crippen molar-refractivity contribution in [2.45, 2.75) is 58.8 Å². The zero-order valence-electron chi connectivity index (χ0n) is 24.1. The Morgan fingerprint density at radius 2 is 1.50 bits per heavy atom. The molecule has 1 aliphatic heterocycles. The zero-order valence-corrected chi connectivity index (χ0v) is 25.7. The third-order valence-corrected chi connectivity index (χ3v) is 10.3. The summed E-state index contributed by atoms with van der Waals surface area (Å²) in [6, 6.07) is 11.8. The van der Waals surface area contributed by atoms with Crippen LogP contribution in [0.4, 0.5) is 11.4 Å². The number of carbonyl (C=O) groups is 2. The van der Waals surface area contributed by atoms with Crippen LogP contribution in [0.15, 0.2) is 36.4 Å². The quantitative estimate of drug-likeness (QED) is 0.171. The number of hydrogen-bond acceptors (Lipinski definition) is 5. The van der Waals surface area contributed by atoms with Crippen LogP contribution in [-0.4, -0.2) is 60.8 Å². The summed E-state index contributed by atoms with van der Waals surface area (Å²) in [4.78, 5) is 25.4. The van der Waals surface area contributed by atoms with Gasteiger partial charge in [0.15, 0.2) is 5.71 Å². The van der Waals surface area contributed by atoms with Gasteiger partial charge in [-0.25, -0.2) is 4.58 Å². The van der Waals surface area contributed by atoms with Crippen molar-refractivity contribution in [3.05, 3.63) is 58.7 Å². The van der Waals surface area contributed by atoms with E-state index in [0.29, 0.717) is 24.2 Å². The van der Waals surface area contributed by atoms with Crippen molar-refractivity contribution in [1.29, 1.82) is 0 Å². The third-order valence-electron chi connectivity index (χ3n) is 7.89. The fourth-order valence-electron chi connectivity index (χ4n) is 4.65. The Balaban J connectivity index is 1.38. The van der Waals surface area contributed by atoms with Crippen molar-refractivity contribution in [1.82, 2.24) is 10.6 Å². The van der Waals surface area contributed by atoms with E-state index in [1.54, 1.807) is 21.6 Å². The molecule has 8 heteroatoms. The summed E-state index contributed by atoms with van der Waals surface area (Å²) in [5.41, 5.74) is 7.18. The molecule has 206 valence electrons. The van der Waals surface area contributed by atoms with Gasteiger partial charge in [0, 0.05) is 67.0 Å². The molecule has 0 aromatic heterocycles. The van der Waals surface area contributed by atoms with Gasteiger partial charge in [0.05, 0.1) is 5.41 Å². The Hall–Kier alpha value is -2.45. The molecule has 2 aromatic rings. The summed E-state index contributed by atoms with van der Waals surface area (Å²) in [6.07, 6.45) is 0.989. The summed E-state index contributed by atoms with van der Waals surface area (Å²) < 4.78 is 2.21. The minimum atomic E-state index is -0.0766. The monoisotopic (exact) mass is 555 g/mol. The first kappa shape index (κ1) is 30.1. The van der Waals surface area contributed by atoms with E-state index in [-0.39, 0.29) is 22.6 Å². The number of amides is 2. The highest BCUT2D eigenvalue weighted by molar-refractivity contribution is 8.76. The van der Waals surface area contributed by atoms with Gasteiger partial charge in [0.1, 0.15) is 7.05 Å². The molecule has 38 heavy (non-hydrogen) atoms. The van der Waals surface area contributed by atoms with Gasteiger partial charge in [0.2, 0.25) is 5.69 Å². The van der Waals surface area contributed by atoms with E-state index in [4.69, 9.17) is 0 Å². The molecular weight excluding hydrogens is 512 g/mol. The summed E-state index contributed by atoms with van der Waals surface area (Å²) in [5, 5.41) is 9.31. The van der Waals surface area contributed by atoms with E-state index in [2.05, 4.69) is 69.1 Å². The highest BCUT2D eigenvalue weighted by Gasteiger charge is 2.41. The van der Waals surface area contributed by atoms with Crippen molar-refractivity contribution < 1.29 is 14.2 Å². The lowest BCUT2D eigenvalue weighted by Crippen LogP contribution is -2.27. The average molecular weight is 556 g/mol. The van der Waals surface area contributed by atoms with Crippen molar-refractivity contribution in [2.75, 3.05) is 44.0 Å². The Morgan fingerprint density at radius 1 is 0.947 bits per heavy atom. The second kappa shape index (κ2) is 12.6. The SMILES string of the molecule is CCC(C)(C)c1cc(C(=O)NCCSSCCNC(=O)c2ccc3c(c2)C(C)(C)C(C)=[N+]3C)ccc1NC. The van der Waals surface area contributed by atoms with Gasteiger partial charge < -0.3 is 16.0 Å². The molecule has 0 saturated heterocycles. The smallest absolute Gasteiger partial charge is 0.251 e. The standard InChI is InChI=1S/C30H42N4O2S2/c1-9-29(3,4)23-18-21(10-12-25(23)31-7)27(35)32-14-16-37-38-17-15-33-28(36)22-11-13-26-24(19-22)30(5,6)20(2)34(26)8/h10-13,18-19H,9,14-17H2,1-8H3,(H2-,31,32,33,35,36)/p+1. The van der Waals surface area contributed by atoms with Crippen LogP contribution in [0.5, 0.6) is 0 Å². The molecular formula is C30H43N4O2S2+. The van der Waals surface area contributed by atoms with Gasteiger partial charge in [-0.3, -0.25) is 9.59 Å². The maximum atomic E-state index is 12.7. The summed E-state index contributed by atoms with van der Waals surface area (Å²) in [7, 11) is 7.40. The van der Waals surface area contributed by atoms with E-state index in [1.165, 1.54) is 17.0 Å². The predicted octanol–water partition coefficient (Wildman–Crippen LogP) is 5.98. The lowest BCUT2D eigenvalue weighted by atomic mass is 9.80. The molecule has 2 amide bonds. The van der Waals surface area contributed by atoms with Crippen molar-refractivity contribution in [3.63, 3.8) is 0 Å². The maximum absolute atomic E-state index is 12.7. The maximum Gasteiger partial charge on any atom is 0.251 e. The lowest BCUT2D eigenvalue weighted by molar-refractivity contribution is -0.403. The van der Waals surface area contributed by atoms with Gasteiger partial charge in [-0.15, -0.1) is 0 Å². The molecule has 1 heterocycles. The number of benzene rings is 2. The van der Waals surface area contributed by atoms with Gasteiger partial charge >= 0.3 is 0 Å². The van der Waals surface area contributed by atoms with Gasteiger partial charge in [0.25, 0.3) is 11.8 Å². The minimum absolute atomic E-state index is 0.0119. The fraction of sp³-hybridized carbons (Fsp3) is 0.500. The Bertz CT molecular complexity index is 1190. The number of nitrogens with zero attached hydrogens (tertiary/aromatic N) is 1. The van der Waals surface area contributed by atoms with E-state index in [1.807, 2.05) is 43.4 Å². The Labute approximate surface area is 236 Å². The van der Waals surface area contributed by atoms with Crippen LogP contribution >= 0.6 is 21.6 Å². The van der Waals surface area contributed by atoms with Gasteiger partial charge in [-0.2, -0.15) is 0 Å². The van der Waals surface area contributed by atoms with Crippen LogP contribution in [0.2, 0.25) is 0 Å². The normalized spacial score (nSPS) is 14.3. The molecule has 0 atom stereocenters. The first-order valence-corrected chi connectivity index (χ1v) is 15.8. The summed E-state index contributed by atoms with van der Waals surface area (Å²) >= 11 is 0. The topological polar surface area (TPSA) is 73.2 Å². The number of fused-ring (bicyclic) bond motifs is 1. The van der Waals surface area contributed by atoms with E-state index in [0.717, 1.165) is 29.2 Å². The van der Waals surface area contributed by atoms with Crippen molar-refractivity contribution >= 4 is 50.5 Å². The number of nitrogens with one attached hydrogen (secondary N) is 3. The molecule has 3 N–H and O–H groups in total. The zero-order chi connectivity index (χ0) is 28.1. The molecule has 2 aromatic carbocycles. The molecule has 6 nitrogen and oxygen atoms in total. The van der Waals surface area contributed by atoms with Gasteiger partial charge in [-0.1, -0.05) is 42.4 Å². The van der Waals surface area contributed by atoms with Crippen LogP contribution in [0.1, 0.15) is 79.8 Å². The molecule has 0 unspecified atom stereocenters. The summed E-state index contributed by atoms with van der Waals surface area (Å²) in [6.45, 7) is 14.3. The molecule has 0 saturated carbocycles. The third kappa shape index (κ3) is 6.57. The molecule has 0 spiro atoms. The first-order chi connectivity index (χ1) is 17.9. The van der Waals surface area contributed by atoms with Crippen LogP contribution in [0.3, 0.4) is 0 Å². The minimum Gasteiger partial charge on any atom is -0.388 e. The fourth-order valence-corrected chi connectivity index (χ4v) is 6.47. The number of rotatable bonds is 12. The molecule has 1 aliphatic rings. The molecule has 3 rings (SSSR count). The highest BCUT2D eigenvalue weighted by Crippen LogP contribution is 2.39. The molecule has 0 radical (unpaired) electrons. The van der Waals surface area contributed by atoms with E-state index in [9.17, 15) is 9.59 Å². The Kier molecular flexibility index (Phi) is 9.98. The Morgan fingerprint density at radius 3 is 2.05 bits per heavy atom. The summed E-state index contributed by atoms with van der Waals surface area (Å²) in [5.74, 6) is 1.52.